The van der Waals surface area contributed by atoms with Crippen LogP contribution in [-0.2, 0) is 4.74 Å². The van der Waals surface area contributed by atoms with E-state index in [0.29, 0.717) is 5.96 Å². The minimum atomic E-state index is 0. The van der Waals surface area contributed by atoms with Crippen molar-refractivity contribution in [2.24, 2.45) is 10.7 Å². The second-order valence-corrected chi connectivity index (χ2v) is 3.47. The lowest BCUT2D eigenvalue weighted by atomic mass is 10.2. The topological polar surface area (TPSA) is 50.8 Å². The number of aliphatic imine (C=N–C) groups is 1. The fraction of sp³-hybridized carbons (Fsp3) is 0.909. The summed E-state index contributed by atoms with van der Waals surface area (Å²) in [6.45, 7) is 7.70. The van der Waals surface area contributed by atoms with Gasteiger partial charge in [-0.1, -0.05) is 0 Å². The molecule has 0 aromatic rings. The molecule has 4 nitrogen and oxygen atoms in total. The van der Waals surface area contributed by atoms with E-state index in [1.807, 2.05) is 0 Å². The highest BCUT2D eigenvalue weighted by atomic mass is 127. The lowest BCUT2D eigenvalue weighted by molar-refractivity contribution is 0.192. The molecule has 0 radical (unpaired) electrons. The van der Waals surface area contributed by atoms with Crippen molar-refractivity contribution in [2.75, 3.05) is 33.4 Å². The molecule has 5 heteroatoms. The predicted molar refractivity (Wildman–Crippen MR) is 80.6 cm³/mol. The van der Waals surface area contributed by atoms with Gasteiger partial charge in [0.15, 0.2) is 5.96 Å². The highest BCUT2D eigenvalue weighted by molar-refractivity contribution is 14.0. The Kier molecular flexibility index (Phi) is 14.9. The molecular weight excluding hydrogens is 317 g/mol. The highest BCUT2D eigenvalue weighted by Crippen LogP contribution is 1.96. The van der Waals surface area contributed by atoms with Crippen LogP contribution in [0.4, 0.5) is 0 Å². The maximum absolute atomic E-state index is 5.83. The van der Waals surface area contributed by atoms with Crippen molar-refractivity contribution < 1.29 is 4.74 Å². The zero-order valence-electron chi connectivity index (χ0n) is 10.7. The van der Waals surface area contributed by atoms with Crippen LogP contribution in [0.2, 0.25) is 0 Å². The number of nitrogens with two attached hydrogens (primary N) is 1. The minimum Gasteiger partial charge on any atom is -0.385 e. The summed E-state index contributed by atoms with van der Waals surface area (Å²) in [6, 6.07) is 0. The number of rotatable bonds is 8. The monoisotopic (exact) mass is 343 g/mol. The second-order valence-electron chi connectivity index (χ2n) is 3.47. The van der Waals surface area contributed by atoms with Crippen LogP contribution in [0.25, 0.3) is 0 Å². The third kappa shape index (κ3) is 9.21. The number of nitrogens with zero attached hydrogens (tertiary/aromatic N) is 2. The van der Waals surface area contributed by atoms with E-state index in [2.05, 4.69) is 23.7 Å². The number of hydrogen-bond acceptors (Lipinski definition) is 2. The minimum absolute atomic E-state index is 0. The van der Waals surface area contributed by atoms with E-state index in [0.717, 1.165) is 45.5 Å². The van der Waals surface area contributed by atoms with Gasteiger partial charge in [-0.25, -0.2) is 0 Å². The van der Waals surface area contributed by atoms with Gasteiger partial charge in [0.2, 0.25) is 0 Å². The molecule has 0 heterocycles. The molecule has 16 heavy (non-hydrogen) atoms. The maximum Gasteiger partial charge on any atom is 0.191 e. The van der Waals surface area contributed by atoms with Gasteiger partial charge in [-0.2, -0.15) is 0 Å². The summed E-state index contributed by atoms with van der Waals surface area (Å²) >= 11 is 0. The standard InChI is InChI=1S/C11H25N3O.HI/c1-4-14(5-2)11(12)13-9-7-6-8-10-15-3;/h4-10H2,1-3H3,(H2,12,13);1H. The van der Waals surface area contributed by atoms with E-state index in [9.17, 15) is 0 Å². The molecule has 0 bridgehead atoms. The van der Waals surface area contributed by atoms with E-state index in [4.69, 9.17) is 10.5 Å². The largest absolute Gasteiger partial charge is 0.385 e. The Morgan fingerprint density at radius 1 is 1.19 bits per heavy atom. The first kappa shape index (κ1) is 18.3. The van der Waals surface area contributed by atoms with Gasteiger partial charge in [0, 0.05) is 33.4 Å². The molecule has 0 aromatic carbocycles. The summed E-state index contributed by atoms with van der Waals surface area (Å²) < 4.78 is 4.97. The molecule has 0 amide bonds. The van der Waals surface area contributed by atoms with E-state index in [1.165, 1.54) is 0 Å². The first-order chi connectivity index (χ1) is 7.26. The third-order valence-electron chi connectivity index (χ3n) is 2.37. The Morgan fingerprint density at radius 3 is 2.31 bits per heavy atom. The van der Waals surface area contributed by atoms with Crippen LogP contribution in [0.5, 0.6) is 0 Å². The molecule has 0 saturated carbocycles. The third-order valence-corrected chi connectivity index (χ3v) is 2.37. The van der Waals surface area contributed by atoms with Gasteiger partial charge in [0.05, 0.1) is 0 Å². The number of halogens is 1. The maximum atomic E-state index is 5.83. The van der Waals surface area contributed by atoms with Gasteiger partial charge in [-0.05, 0) is 33.1 Å². The van der Waals surface area contributed by atoms with Crippen molar-refractivity contribution in [1.82, 2.24) is 4.90 Å². The molecule has 98 valence electrons. The van der Waals surface area contributed by atoms with E-state index in [-0.39, 0.29) is 24.0 Å². The molecule has 0 rings (SSSR count). The van der Waals surface area contributed by atoms with E-state index >= 15 is 0 Å². The van der Waals surface area contributed by atoms with Crippen LogP contribution in [0, 0.1) is 0 Å². The molecule has 0 atom stereocenters. The number of ether oxygens (including phenoxy) is 1. The van der Waals surface area contributed by atoms with Crippen LogP contribution >= 0.6 is 24.0 Å². The smallest absolute Gasteiger partial charge is 0.191 e. The Labute approximate surface area is 117 Å². The Hall–Kier alpha value is -0.0400. The Bertz CT molecular complexity index is 173. The van der Waals surface area contributed by atoms with Crippen molar-refractivity contribution in [3.63, 3.8) is 0 Å². The Balaban J connectivity index is 0. The molecule has 0 aliphatic rings. The number of unbranched alkanes of at least 4 members (excludes halogenated alkanes) is 2. The molecule has 0 aliphatic heterocycles. The normalized spacial score (nSPS) is 11.1. The molecule has 2 N–H and O–H groups in total. The summed E-state index contributed by atoms with van der Waals surface area (Å²) in [5, 5.41) is 0. The van der Waals surface area contributed by atoms with E-state index in [1.54, 1.807) is 7.11 Å². The molecular formula is C11H26IN3O. The summed E-state index contributed by atoms with van der Waals surface area (Å²) in [6.07, 6.45) is 3.35. The van der Waals surface area contributed by atoms with Crippen molar-refractivity contribution in [3.05, 3.63) is 0 Å². The van der Waals surface area contributed by atoms with Gasteiger partial charge < -0.3 is 15.4 Å². The summed E-state index contributed by atoms with van der Waals surface area (Å²) in [5.41, 5.74) is 5.83. The zero-order chi connectivity index (χ0) is 11.5. The summed E-state index contributed by atoms with van der Waals surface area (Å²) in [4.78, 5) is 6.41. The average Bonchev–Trinajstić information content (AvgIpc) is 2.25. The van der Waals surface area contributed by atoms with E-state index < -0.39 is 0 Å². The van der Waals surface area contributed by atoms with Crippen LogP contribution in [0.15, 0.2) is 4.99 Å². The average molecular weight is 343 g/mol. The Morgan fingerprint density at radius 2 is 1.81 bits per heavy atom. The van der Waals surface area contributed by atoms with Crippen molar-refractivity contribution >= 4 is 29.9 Å². The van der Waals surface area contributed by atoms with Gasteiger partial charge in [-0.15, -0.1) is 24.0 Å². The fourth-order valence-electron chi connectivity index (χ4n) is 1.38. The van der Waals surface area contributed by atoms with Gasteiger partial charge >= 0.3 is 0 Å². The molecule has 0 saturated heterocycles. The summed E-state index contributed by atoms with van der Waals surface area (Å²) in [5.74, 6) is 0.673. The lowest BCUT2D eigenvalue weighted by Crippen LogP contribution is -2.37. The highest BCUT2D eigenvalue weighted by Gasteiger charge is 2.00. The molecule has 0 spiro atoms. The summed E-state index contributed by atoms with van der Waals surface area (Å²) in [7, 11) is 1.73. The fourth-order valence-corrected chi connectivity index (χ4v) is 1.38. The van der Waals surface area contributed by atoms with Gasteiger partial charge in [-0.3, -0.25) is 4.99 Å². The number of guanidine groups is 1. The number of hydrogen-bond donors (Lipinski definition) is 1. The first-order valence-electron chi connectivity index (χ1n) is 5.80. The van der Waals surface area contributed by atoms with Crippen molar-refractivity contribution in [3.8, 4) is 0 Å². The van der Waals surface area contributed by atoms with Crippen molar-refractivity contribution in [2.45, 2.75) is 33.1 Å². The molecule has 0 unspecified atom stereocenters. The number of methoxy groups -OCH3 is 1. The first-order valence-corrected chi connectivity index (χ1v) is 5.80. The van der Waals surface area contributed by atoms with Crippen LogP contribution in [0.1, 0.15) is 33.1 Å². The predicted octanol–water partition coefficient (Wildman–Crippen LogP) is 2.08. The zero-order valence-corrected chi connectivity index (χ0v) is 13.1. The lowest BCUT2D eigenvalue weighted by Gasteiger charge is -2.19. The SMILES string of the molecule is CCN(CC)C(N)=NCCCCCOC.I. The van der Waals surface area contributed by atoms with Gasteiger partial charge in [0.1, 0.15) is 0 Å². The second kappa shape index (κ2) is 13.0. The van der Waals surface area contributed by atoms with Crippen LogP contribution < -0.4 is 5.73 Å². The van der Waals surface area contributed by atoms with Crippen LogP contribution in [0.3, 0.4) is 0 Å². The van der Waals surface area contributed by atoms with Crippen LogP contribution in [-0.4, -0.2) is 44.2 Å². The molecule has 0 aromatic heterocycles. The quantitative estimate of drug-likeness (QED) is 0.318. The van der Waals surface area contributed by atoms with Crippen molar-refractivity contribution in [1.29, 1.82) is 0 Å². The molecule has 0 fully saturated rings. The molecule has 0 aliphatic carbocycles. The van der Waals surface area contributed by atoms with Gasteiger partial charge in [0.25, 0.3) is 0 Å².